The lowest BCUT2D eigenvalue weighted by Gasteiger charge is -2.11. The van der Waals surface area contributed by atoms with Crippen LogP contribution in [0.15, 0.2) is 33.5 Å². The molecule has 2 aromatic heterocycles. The van der Waals surface area contributed by atoms with Crippen molar-refractivity contribution < 1.29 is 23.5 Å². The molecule has 7 nitrogen and oxygen atoms in total. The Balaban J connectivity index is 2.03. The van der Waals surface area contributed by atoms with Crippen LogP contribution in [0.5, 0.6) is 5.75 Å². The summed E-state index contributed by atoms with van der Waals surface area (Å²) in [6.07, 6.45) is -0.0484. The van der Waals surface area contributed by atoms with Gasteiger partial charge in [-0.3, -0.25) is 4.79 Å². The predicted molar refractivity (Wildman–Crippen MR) is 111 cm³/mol. The van der Waals surface area contributed by atoms with Crippen molar-refractivity contribution in [2.45, 2.75) is 33.8 Å². The number of fused-ring (bicyclic) bond motifs is 1. The van der Waals surface area contributed by atoms with Gasteiger partial charge in [-0.05, 0) is 45.4 Å². The summed E-state index contributed by atoms with van der Waals surface area (Å²) >= 11 is 1.27. The Morgan fingerprint density at radius 3 is 2.55 bits per heavy atom. The van der Waals surface area contributed by atoms with Crippen LogP contribution in [0.3, 0.4) is 0 Å². The van der Waals surface area contributed by atoms with Crippen molar-refractivity contribution in [2.24, 2.45) is 0 Å². The number of rotatable bonds is 5. The number of carbonyl (C=O) groups is 2. The van der Waals surface area contributed by atoms with Gasteiger partial charge in [-0.2, -0.15) is 0 Å². The van der Waals surface area contributed by atoms with Crippen LogP contribution in [0.4, 0.5) is 5.00 Å². The van der Waals surface area contributed by atoms with Gasteiger partial charge >= 0.3 is 11.6 Å². The molecule has 3 aromatic rings. The zero-order valence-corrected chi connectivity index (χ0v) is 17.6. The Kier molecular flexibility index (Phi) is 5.74. The molecule has 0 spiro atoms. The highest BCUT2D eigenvalue weighted by atomic mass is 32.1. The highest BCUT2D eigenvalue weighted by Crippen LogP contribution is 2.33. The van der Waals surface area contributed by atoms with Crippen LogP contribution in [0.25, 0.3) is 11.0 Å². The summed E-state index contributed by atoms with van der Waals surface area (Å²) in [5.74, 6) is -0.521. The molecular formula is C21H21NO6S. The first-order chi connectivity index (χ1) is 13.7. The largest absolute Gasteiger partial charge is 0.491 e. The Morgan fingerprint density at radius 1 is 1.17 bits per heavy atom. The quantitative estimate of drug-likeness (QED) is 0.493. The van der Waals surface area contributed by atoms with Crippen LogP contribution in [-0.2, 0) is 4.74 Å². The van der Waals surface area contributed by atoms with Crippen LogP contribution in [0, 0.1) is 13.8 Å². The molecule has 1 amide bonds. The van der Waals surface area contributed by atoms with E-state index in [1.54, 1.807) is 25.1 Å². The van der Waals surface area contributed by atoms with Gasteiger partial charge in [-0.15, -0.1) is 11.3 Å². The van der Waals surface area contributed by atoms with Crippen LogP contribution in [0.1, 0.15) is 45.0 Å². The third kappa shape index (κ3) is 4.17. The van der Waals surface area contributed by atoms with Gasteiger partial charge in [0.1, 0.15) is 16.3 Å². The molecule has 2 heterocycles. The van der Waals surface area contributed by atoms with Crippen molar-refractivity contribution in [3.05, 3.63) is 56.3 Å². The second-order valence-corrected chi connectivity index (χ2v) is 7.96. The van der Waals surface area contributed by atoms with E-state index in [1.165, 1.54) is 18.4 Å². The molecule has 8 heteroatoms. The minimum Gasteiger partial charge on any atom is -0.491 e. The van der Waals surface area contributed by atoms with Crippen molar-refractivity contribution in [1.29, 1.82) is 0 Å². The molecule has 1 aromatic carbocycles. The molecule has 0 aliphatic rings. The molecule has 1 N–H and O–H groups in total. The minimum absolute atomic E-state index is 0.0484. The first-order valence-corrected chi connectivity index (χ1v) is 9.77. The van der Waals surface area contributed by atoms with Crippen LogP contribution >= 0.6 is 11.3 Å². The molecule has 0 aliphatic carbocycles. The number of nitrogens with one attached hydrogen (secondary N) is 1. The predicted octanol–water partition coefficient (Wildman–Crippen LogP) is 4.30. The monoisotopic (exact) mass is 415 g/mol. The third-order valence-electron chi connectivity index (χ3n) is 4.33. The second-order valence-electron chi connectivity index (χ2n) is 6.74. The standard InChI is InChI=1S/C21H21NO6S/c1-10(2)27-13-6-7-14-15(9-17(23)28-16(14)8-13)19(24)22-20-18(21(25)26-5)11(3)12(4)29-20/h6-10H,1-5H3,(H,22,24). The van der Waals surface area contributed by atoms with E-state index in [0.29, 0.717) is 21.7 Å². The maximum Gasteiger partial charge on any atom is 0.341 e. The number of hydrogen-bond donors (Lipinski definition) is 1. The molecule has 0 saturated heterocycles. The number of hydrogen-bond acceptors (Lipinski definition) is 7. The summed E-state index contributed by atoms with van der Waals surface area (Å²) in [7, 11) is 1.28. The summed E-state index contributed by atoms with van der Waals surface area (Å²) in [6, 6.07) is 6.08. The minimum atomic E-state index is -0.656. The first kappa shape index (κ1) is 20.6. The second kappa shape index (κ2) is 8.08. The zero-order valence-electron chi connectivity index (χ0n) is 16.7. The van der Waals surface area contributed by atoms with E-state index in [4.69, 9.17) is 13.9 Å². The summed E-state index contributed by atoms with van der Waals surface area (Å²) in [5, 5.41) is 3.57. The highest BCUT2D eigenvalue weighted by molar-refractivity contribution is 7.16. The summed E-state index contributed by atoms with van der Waals surface area (Å²) < 4.78 is 15.7. The molecule has 0 fully saturated rings. The van der Waals surface area contributed by atoms with Gasteiger partial charge in [-0.1, -0.05) is 0 Å². The Hall–Kier alpha value is -3.13. The fraction of sp³-hybridized carbons (Fsp3) is 0.286. The number of ether oxygens (including phenoxy) is 2. The number of anilines is 1. The molecule has 152 valence electrons. The number of methoxy groups -OCH3 is 1. The van der Waals surface area contributed by atoms with Gasteiger partial charge in [0, 0.05) is 22.4 Å². The van der Waals surface area contributed by atoms with Gasteiger partial charge in [0.05, 0.1) is 24.3 Å². The van der Waals surface area contributed by atoms with E-state index >= 15 is 0 Å². The maximum atomic E-state index is 13.0. The van der Waals surface area contributed by atoms with Gasteiger partial charge < -0.3 is 19.2 Å². The molecule has 0 atom stereocenters. The lowest BCUT2D eigenvalue weighted by molar-refractivity contribution is 0.0601. The SMILES string of the molecule is COC(=O)c1c(NC(=O)c2cc(=O)oc3cc(OC(C)C)ccc23)sc(C)c1C. The van der Waals surface area contributed by atoms with Gasteiger partial charge in [0.15, 0.2) is 0 Å². The maximum absolute atomic E-state index is 13.0. The van der Waals surface area contributed by atoms with E-state index in [-0.39, 0.29) is 17.3 Å². The fourth-order valence-corrected chi connectivity index (χ4v) is 3.95. The van der Waals surface area contributed by atoms with Crippen LogP contribution < -0.4 is 15.7 Å². The van der Waals surface area contributed by atoms with Crippen molar-refractivity contribution >= 4 is 39.2 Å². The molecule has 0 unspecified atom stereocenters. The first-order valence-electron chi connectivity index (χ1n) is 8.95. The van der Waals surface area contributed by atoms with E-state index in [1.807, 2.05) is 20.8 Å². The van der Waals surface area contributed by atoms with Crippen LogP contribution in [0.2, 0.25) is 0 Å². The van der Waals surface area contributed by atoms with Crippen molar-refractivity contribution in [3.63, 3.8) is 0 Å². The molecule has 3 rings (SSSR count). The number of amides is 1. The normalized spacial score (nSPS) is 11.0. The Morgan fingerprint density at radius 2 is 1.90 bits per heavy atom. The summed E-state index contributed by atoms with van der Waals surface area (Å²) in [6.45, 7) is 7.41. The smallest absolute Gasteiger partial charge is 0.341 e. The Labute approximate surface area is 171 Å². The van der Waals surface area contributed by atoms with E-state index < -0.39 is 17.5 Å². The van der Waals surface area contributed by atoms with Crippen LogP contribution in [-0.4, -0.2) is 25.1 Å². The van der Waals surface area contributed by atoms with E-state index in [9.17, 15) is 14.4 Å². The Bertz CT molecular complexity index is 1160. The number of thiophene rings is 1. The van der Waals surface area contributed by atoms with Gasteiger partial charge in [0.2, 0.25) is 0 Å². The van der Waals surface area contributed by atoms with E-state index in [0.717, 1.165) is 16.5 Å². The third-order valence-corrected chi connectivity index (χ3v) is 5.46. The number of esters is 1. The lowest BCUT2D eigenvalue weighted by Crippen LogP contribution is -2.16. The lowest BCUT2D eigenvalue weighted by atomic mass is 10.1. The van der Waals surface area contributed by atoms with Gasteiger partial charge in [-0.25, -0.2) is 9.59 Å². The molecule has 29 heavy (non-hydrogen) atoms. The van der Waals surface area contributed by atoms with E-state index in [2.05, 4.69) is 5.32 Å². The van der Waals surface area contributed by atoms with Gasteiger partial charge in [0.25, 0.3) is 5.91 Å². The molecule has 0 saturated carbocycles. The summed E-state index contributed by atoms with van der Waals surface area (Å²) in [4.78, 5) is 38.0. The summed E-state index contributed by atoms with van der Waals surface area (Å²) in [5.41, 5.74) is 0.781. The van der Waals surface area contributed by atoms with Crippen molar-refractivity contribution in [3.8, 4) is 5.75 Å². The average molecular weight is 415 g/mol. The molecule has 0 radical (unpaired) electrons. The number of aryl methyl sites for hydroxylation is 1. The molecular weight excluding hydrogens is 394 g/mol. The fourth-order valence-electron chi connectivity index (χ4n) is 2.91. The van der Waals surface area contributed by atoms with Crippen molar-refractivity contribution in [1.82, 2.24) is 0 Å². The number of carbonyl (C=O) groups excluding carboxylic acids is 2. The molecule has 0 bridgehead atoms. The number of benzene rings is 1. The molecule has 0 aliphatic heterocycles. The zero-order chi connectivity index (χ0) is 21.3. The van der Waals surface area contributed by atoms with Crippen molar-refractivity contribution in [2.75, 3.05) is 12.4 Å². The highest BCUT2D eigenvalue weighted by Gasteiger charge is 2.23. The topological polar surface area (TPSA) is 94.8 Å². The average Bonchev–Trinajstić information content (AvgIpc) is 2.93.